The number of esters is 3. The van der Waals surface area contributed by atoms with Gasteiger partial charge >= 0.3 is 24.0 Å². The van der Waals surface area contributed by atoms with Crippen molar-refractivity contribution in [2.24, 2.45) is 11.8 Å². The third kappa shape index (κ3) is 10.1. The van der Waals surface area contributed by atoms with Gasteiger partial charge in [-0.05, 0) is 100.0 Å². The summed E-state index contributed by atoms with van der Waals surface area (Å²) in [4.78, 5) is 106. The summed E-state index contributed by atoms with van der Waals surface area (Å²) in [5, 5.41) is 21.5. The number of carbonyl (C=O) groups is 6. The molecule has 0 aromatic heterocycles. The Labute approximate surface area is 471 Å². The Morgan fingerprint density at radius 1 is 0.780 bits per heavy atom. The van der Waals surface area contributed by atoms with Crippen molar-refractivity contribution < 1.29 is 72.0 Å². The van der Waals surface area contributed by atoms with Crippen LogP contribution in [-0.2, 0) is 67.9 Å². The number of aliphatic hydroxyl groups is 1. The van der Waals surface area contributed by atoms with Crippen LogP contribution in [0.25, 0.3) is 0 Å². The van der Waals surface area contributed by atoms with E-state index < -0.39 is 88.8 Å². The minimum Gasteiger partial charge on any atom is -0.493 e. The third-order valence-corrected chi connectivity index (χ3v) is 15.5. The van der Waals surface area contributed by atoms with Crippen LogP contribution in [0.2, 0.25) is 0 Å². The van der Waals surface area contributed by atoms with Gasteiger partial charge in [0.1, 0.15) is 36.5 Å². The van der Waals surface area contributed by atoms with Crippen LogP contribution in [0.4, 0.5) is 16.2 Å². The number of hydrogen-bond acceptors (Lipinski definition) is 17. The van der Waals surface area contributed by atoms with Gasteiger partial charge in [0.2, 0.25) is 11.8 Å². The molecule has 4 heterocycles. The Bertz CT molecular complexity index is 3510. The minimum atomic E-state index is -2.28. The maximum Gasteiger partial charge on any atom is 0.421 e. The highest BCUT2D eigenvalue weighted by molar-refractivity contribution is 6.23. The topological polar surface area (TPSA) is 240 Å². The van der Waals surface area contributed by atoms with E-state index in [0.29, 0.717) is 45.7 Å². The van der Waals surface area contributed by atoms with Gasteiger partial charge in [0, 0.05) is 37.2 Å². The van der Waals surface area contributed by atoms with Crippen LogP contribution in [0.3, 0.4) is 0 Å². The highest BCUT2D eigenvalue weighted by Crippen LogP contribution is 2.66. The lowest BCUT2D eigenvalue weighted by Gasteiger charge is -2.46. The minimum absolute atomic E-state index is 0.00187. The SMILES string of the molecule is COC(=O)C(CC#Cc1ccc2c(c1)C1(C(=O)N2C(=O)OCc2ccc([N+](=O)[O-])cc2)C(C(=O)N2CCc3cc(OC)c(OC)cc3C2)C2C(=O)OC(c3ccccc3)C(c3ccccc3)N2C1c1cccc(OCCO)c1)C(=O)OC. The molecule has 6 unspecified atom stereocenters. The molecule has 10 rings (SSSR count). The monoisotopic (exact) mass is 1110 g/mol. The fraction of sp³-hybridized carbons (Fsp3) is 0.290. The molecule has 0 bridgehead atoms. The number of non-ortho nitro benzene ring substituents is 1. The number of rotatable bonds is 15. The van der Waals surface area contributed by atoms with Crippen molar-refractivity contribution in [2.75, 3.05) is 53.1 Å². The first-order chi connectivity index (χ1) is 39.8. The number of ether oxygens (including phenoxy) is 7. The van der Waals surface area contributed by atoms with Crippen LogP contribution in [0.5, 0.6) is 17.2 Å². The maximum absolute atomic E-state index is 17.0. The number of aliphatic hydroxyl groups excluding tert-OH is 1. The number of nitro benzene ring substituents is 1. The molecule has 0 aliphatic carbocycles. The normalized spacial score (nSPS) is 20.6. The van der Waals surface area contributed by atoms with Crippen molar-refractivity contribution in [3.63, 3.8) is 0 Å². The number of hydrogen-bond donors (Lipinski definition) is 1. The van der Waals surface area contributed by atoms with Crippen molar-refractivity contribution in [3.05, 3.63) is 194 Å². The number of fused-ring (bicyclic) bond motifs is 4. The Morgan fingerprint density at radius 2 is 1.44 bits per heavy atom. The predicted molar refractivity (Wildman–Crippen MR) is 292 cm³/mol. The standard InChI is InChI=1S/C62H56N4O16/c1-76-49-33-41-27-28-63(35-43(41)34-50(49)77-2)56(68)51-53-59(71)82-54(40-16-9-6-10-17-40)52(39-14-7-5-8-15-39)65(53)55(42-18-12-19-45(32-42)80-30-29-67)62(51)47-31-37(13-11-20-46(57(69)78-3)58(70)79-4)23-26-48(47)64(60(62)72)61(73)81-36-38-21-24-44(25-22-38)66(74)75/h5-10,12,14-19,21-26,31-34,46,51-55,67H,20,27-30,35-36H2,1-4H3. The first kappa shape index (κ1) is 55.7. The van der Waals surface area contributed by atoms with E-state index in [1.165, 1.54) is 50.6 Å². The van der Waals surface area contributed by atoms with Gasteiger partial charge in [0.05, 0.1) is 63.7 Å². The summed E-state index contributed by atoms with van der Waals surface area (Å²) in [6.07, 6.45) is -2.24. The summed E-state index contributed by atoms with van der Waals surface area (Å²) < 4.78 is 39.7. The fourth-order valence-corrected chi connectivity index (χ4v) is 11.9. The Morgan fingerprint density at radius 3 is 2.09 bits per heavy atom. The summed E-state index contributed by atoms with van der Waals surface area (Å²) in [5.74, 6) is -0.222. The second-order valence-corrected chi connectivity index (χ2v) is 19.9. The van der Waals surface area contributed by atoms with E-state index in [1.807, 2.05) is 71.6 Å². The largest absolute Gasteiger partial charge is 0.493 e. The molecule has 2 fully saturated rings. The molecule has 0 radical (unpaired) electrons. The van der Waals surface area contributed by atoms with Gasteiger partial charge in [0.25, 0.3) is 5.69 Å². The van der Waals surface area contributed by atoms with Crippen LogP contribution in [-0.4, -0.2) is 110 Å². The lowest BCUT2D eigenvalue weighted by molar-refractivity contribution is -0.384. The average Bonchev–Trinajstić information content (AvgIpc) is 1.74. The molecule has 420 valence electrons. The second kappa shape index (κ2) is 23.6. The van der Waals surface area contributed by atoms with E-state index in [1.54, 1.807) is 41.3 Å². The molecule has 82 heavy (non-hydrogen) atoms. The number of benzene rings is 6. The van der Waals surface area contributed by atoms with Crippen molar-refractivity contribution in [1.82, 2.24) is 9.80 Å². The number of morpholine rings is 1. The summed E-state index contributed by atoms with van der Waals surface area (Å²) in [7, 11) is 5.27. The van der Waals surface area contributed by atoms with Gasteiger partial charge in [-0.15, -0.1) is 0 Å². The summed E-state index contributed by atoms with van der Waals surface area (Å²) in [6, 6.07) is 34.7. The van der Waals surface area contributed by atoms with Gasteiger partial charge in [-0.25, -0.2) is 9.69 Å². The number of nitro groups is 1. The first-order valence-electron chi connectivity index (χ1n) is 26.3. The second-order valence-electron chi connectivity index (χ2n) is 19.9. The molecule has 4 aliphatic heterocycles. The van der Waals surface area contributed by atoms with Crippen LogP contribution in [0, 0.1) is 33.8 Å². The van der Waals surface area contributed by atoms with Crippen molar-refractivity contribution in [3.8, 4) is 29.1 Å². The lowest BCUT2D eigenvalue weighted by atomic mass is 9.64. The molecule has 6 aromatic rings. The molecule has 3 amide bonds. The number of carbonyl (C=O) groups excluding carboxylic acids is 6. The van der Waals surface area contributed by atoms with Crippen molar-refractivity contribution >= 4 is 47.2 Å². The van der Waals surface area contributed by atoms with Gasteiger partial charge in [0.15, 0.2) is 17.4 Å². The number of nitrogens with zero attached hydrogens (tertiary/aromatic N) is 4. The molecule has 4 aliphatic rings. The number of cyclic esters (lactones) is 1. The van der Waals surface area contributed by atoms with Gasteiger partial charge < -0.3 is 43.2 Å². The molecule has 20 nitrogen and oxygen atoms in total. The van der Waals surface area contributed by atoms with Crippen molar-refractivity contribution in [2.45, 2.75) is 55.6 Å². The van der Waals surface area contributed by atoms with Gasteiger partial charge in [-0.2, -0.15) is 0 Å². The van der Waals surface area contributed by atoms with E-state index >= 15 is 19.2 Å². The zero-order chi connectivity index (χ0) is 57.8. The Hall–Kier alpha value is -9.58. The van der Waals surface area contributed by atoms with E-state index in [4.69, 9.17) is 33.2 Å². The molecule has 0 saturated carbocycles. The number of anilines is 1. The predicted octanol–water partition coefficient (Wildman–Crippen LogP) is 7.27. The molecular weight excluding hydrogens is 1060 g/mol. The highest BCUT2D eigenvalue weighted by Gasteiger charge is 2.76. The quantitative estimate of drug-likeness (QED) is 0.0265. The third-order valence-electron chi connectivity index (χ3n) is 15.5. The van der Waals surface area contributed by atoms with Crippen molar-refractivity contribution in [1.29, 1.82) is 0 Å². The highest BCUT2D eigenvalue weighted by atomic mass is 16.6. The average molecular weight is 1110 g/mol. The summed E-state index contributed by atoms with van der Waals surface area (Å²) in [6.45, 7) is -0.773. The van der Waals surface area contributed by atoms with Crippen LogP contribution in [0.15, 0.2) is 140 Å². The van der Waals surface area contributed by atoms with E-state index in [9.17, 15) is 24.8 Å². The Balaban J connectivity index is 1.25. The van der Waals surface area contributed by atoms with Crippen LogP contribution < -0.4 is 19.1 Å². The molecule has 2 saturated heterocycles. The van der Waals surface area contributed by atoms with Gasteiger partial charge in [-0.3, -0.25) is 39.0 Å². The number of imide groups is 1. The summed E-state index contributed by atoms with van der Waals surface area (Å²) >= 11 is 0. The van der Waals surface area contributed by atoms with E-state index in [2.05, 4.69) is 11.8 Å². The van der Waals surface area contributed by atoms with Crippen LogP contribution >= 0.6 is 0 Å². The zero-order valence-electron chi connectivity index (χ0n) is 45.1. The first-order valence-corrected chi connectivity index (χ1v) is 26.3. The summed E-state index contributed by atoms with van der Waals surface area (Å²) in [5.41, 5.74) is 1.37. The molecule has 6 aromatic carbocycles. The smallest absolute Gasteiger partial charge is 0.421 e. The molecular formula is C62H56N4O16. The van der Waals surface area contributed by atoms with E-state index in [0.717, 1.165) is 24.7 Å². The lowest BCUT2D eigenvalue weighted by Crippen LogP contribution is -2.57. The molecule has 1 N–H and O–H groups in total. The van der Waals surface area contributed by atoms with Gasteiger partial charge in [-0.1, -0.05) is 84.6 Å². The molecule has 6 atom stereocenters. The molecule has 1 spiro atoms. The zero-order valence-corrected chi connectivity index (χ0v) is 45.1. The molecule has 20 heteroatoms. The Kier molecular flexibility index (Phi) is 16.1. The number of amides is 3. The van der Waals surface area contributed by atoms with Crippen LogP contribution in [0.1, 0.15) is 69.1 Å². The maximum atomic E-state index is 17.0. The number of methoxy groups -OCH3 is 4. The fourth-order valence-electron chi connectivity index (χ4n) is 11.9. The van der Waals surface area contributed by atoms with E-state index in [-0.39, 0.29) is 61.0 Å².